The quantitative estimate of drug-likeness (QED) is 0.900. The van der Waals surface area contributed by atoms with E-state index in [0.29, 0.717) is 22.9 Å². The lowest BCUT2D eigenvalue weighted by Gasteiger charge is -2.13. The van der Waals surface area contributed by atoms with Crippen molar-refractivity contribution in [2.24, 2.45) is 0 Å². The average molecular weight is 273 g/mol. The van der Waals surface area contributed by atoms with Crippen LogP contribution in [0.25, 0.3) is 0 Å². The van der Waals surface area contributed by atoms with E-state index in [4.69, 9.17) is 21.6 Å². The Kier molecular flexibility index (Phi) is 4.27. The van der Waals surface area contributed by atoms with Gasteiger partial charge in [0.2, 0.25) is 0 Å². The molecule has 0 fully saturated rings. The predicted molar refractivity (Wildman–Crippen MR) is 77.1 cm³/mol. The number of benzene rings is 2. The fraction of sp³-hybridized carbons (Fsp3) is 0.133. The van der Waals surface area contributed by atoms with Crippen LogP contribution in [0.1, 0.15) is 12.5 Å². The Bertz CT molecular complexity index is 620. The van der Waals surface area contributed by atoms with Gasteiger partial charge >= 0.3 is 0 Å². The zero-order chi connectivity index (χ0) is 13.7. The van der Waals surface area contributed by atoms with Gasteiger partial charge in [0.15, 0.2) is 0 Å². The minimum absolute atomic E-state index is 0.499. The zero-order valence-corrected chi connectivity index (χ0v) is 11.2. The first kappa shape index (κ1) is 13.3. The maximum Gasteiger partial charge on any atom is 0.142 e. The van der Waals surface area contributed by atoms with Crippen molar-refractivity contribution >= 4 is 23.0 Å². The van der Waals surface area contributed by atoms with Gasteiger partial charge < -0.3 is 10.1 Å². The van der Waals surface area contributed by atoms with Crippen molar-refractivity contribution in [2.75, 3.05) is 11.9 Å². The van der Waals surface area contributed by atoms with E-state index in [1.165, 1.54) is 0 Å². The highest BCUT2D eigenvalue weighted by molar-refractivity contribution is 6.30. The van der Waals surface area contributed by atoms with Crippen molar-refractivity contribution in [1.29, 1.82) is 5.26 Å². The van der Waals surface area contributed by atoms with E-state index in [2.05, 4.69) is 11.4 Å². The number of para-hydroxylation sites is 2. The van der Waals surface area contributed by atoms with Crippen molar-refractivity contribution in [3.63, 3.8) is 0 Å². The van der Waals surface area contributed by atoms with Crippen LogP contribution in [0.2, 0.25) is 5.02 Å². The molecule has 0 unspecified atom stereocenters. The van der Waals surface area contributed by atoms with Crippen LogP contribution in [0.15, 0.2) is 42.5 Å². The van der Waals surface area contributed by atoms with Crippen molar-refractivity contribution in [1.82, 2.24) is 0 Å². The summed E-state index contributed by atoms with van der Waals surface area (Å²) in [5, 5.41) is 12.9. The van der Waals surface area contributed by atoms with Crippen LogP contribution >= 0.6 is 11.6 Å². The molecule has 0 spiro atoms. The Morgan fingerprint density at radius 3 is 2.74 bits per heavy atom. The lowest BCUT2D eigenvalue weighted by Crippen LogP contribution is -1.98. The molecule has 19 heavy (non-hydrogen) atoms. The van der Waals surface area contributed by atoms with Crippen LogP contribution in [0.5, 0.6) is 5.75 Å². The third-order valence-corrected chi connectivity index (χ3v) is 2.79. The summed E-state index contributed by atoms with van der Waals surface area (Å²) in [7, 11) is 0. The van der Waals surface area contributed by atoms with E-state index >= 15 is 0 Å². The molecule has 1 N–H and O–H groups in total. The van der Waals surface area contributed by atoms with Gasteiger partial charge in [-0.15, -0.1) is 0 Å². The van der Waals surface area contributed by atoms with E-state index in [9.17, 15) is 0 Å². The molecule has 0 aliphatic rings. The summed E-state index contributed by atoms with van der Waals surface area (Å²) in [4.78, 5) is 0. The van der Waals surface area contributed by atoms with Crippen molar-refractivity contribution in [3.8, 4) is 11.8 Å². The molecule has 4 heteroatoms. The highest BCUT2D eigenvalue weighted by Crippen LogP contribution is 2.29. The second-order valence-electron chi connectivity index (χ2n) is 3.86. The molecule has 0 saturated carbocycles. The summed E-state index contributed by atoms with van der Waals surface area (Å²) in [6.45, 7) is 2.52. The molecule has 0 aliphatic heterocycles. The second-order valence-corrected chi connectivity index (χ2v) is 4.29. The lowest BCUT2D eigenvalue weighted by molar-refractivity contribution is 0.342. The first-order valence-corrected chi connectivity index (χ1v) is 6.31. The molecule has 0 bridgehead atoms. The molecule has 0 aromatic heterocycles. The Labute approximate surface area is 117 Å². The van der Waals surface area contributed by atoms with Gasteiger partial charge in [-0.25, -0.2) is 0 Å². The number of hydrogen-bond donors (Lipinski definition) is 1. The maximum atomic E-state index is 9.11. The monoisotopic (exact) mass is 272 g/mol. The molecule has 2 rings (SSSR count). The largest absolute Gasteiger partial charge is 0.492 e. The zero-order valence-electron chi connectivity index (χ0n) is 10.5. The molecule has 0 saturated heterocycles. The minimum Gasteiger partial charge on any atom is -0.492 e. The van der Waals surface area contributed by atoms with Gasteiger partial charge in [0, 0.05) is 5.02 Å². The Morgan fingerprint density at radius 2 is 2.00 bits per heavy atom. The van der Waals surface area contributed by atoms with E-state index < -0.39 is 0 Å². The number of anilines is 2. The van der Waals surface area contributed by atoms with Crippen molar-refractivity contribution in [3.05, 3.63) is 53.1 Å². The highest BCUT2D eigenvalue weighted by atomic mass is 35.5. The maximum absolute atomic E-state index is 9.11. The van der Waals surface area contributed by atoms with Crippen molar-refractivity contribution in [2.45, 2.75) is 6.92 Å². The lowest BCUT2D eigenvalue weighted by atomic mass is 10.2. The molecule has 0 aliphatic carbocycles. The Morgan fingerprint density at radius 1 is 1.21 bits per heavy atom. The second kappa shape index (κ2) is 6.12. The first-order chi connectivity index (χ1) is 9.24. The molecule has 96 valence electrons. The van der Waals surface area contributed by atoms with Gasteiger partial charge in [0.1, 0.15) is 11.8 Å². The third kappa shape index (κ3) is 3.18. The summed E-state index contributed by atoms with van der Waals surface area (Å²) in [5.41, 5.74) is 2.03. The number of rotatable bonds is 4. The van der Waals surface area contributed by atoms with Crippen molar-refractivity contribution < 1.29 is 4.74 Å². The summed E-state index contributed by atoms with van der Waals surface area (Å²) in [6, 6.07) is 14.9. The molecular weight excluding hydrogens is 260 g/mol. The number of nitrogens with zero attached hydrogens (tertiary/aromatic N) is 1. The third-order valence-electron chi connectivity index (χ3n) is 2.56. The van der Waals surface area contributed by atoms with Crippen LogP contribution in [-0.2, 0) is 0 Å². The molecule has 3 nitrogen and oxygen atoms in total. The van der Waals surface area contributed by atoms with Crippen LogP contribution in [0.4, 0.5) is 11.4 Å². The SMILES string of the molecule is CCOc1ccccc1Nc1ccc(Cl)cc1C#N. The molecule has 0 heterocycles. The molecule has 0 amide bonds. The van der Waals surface area contributed by atoms with Gasteiger partial charge in [-0.05, 0) is 37.3 Å². The number of hydrogen-bond acceptors (Lipinski definition) is 3. The molecular formula is C15H13ClN2O. The number of nitrogens with one attached hydrogen (secondary N) is 1. The van der Waals surface area contributed by atoms with E-state index in [1.54, 1.807) is 18.2 Å². The van der Waals surface area contributed by atoms with Crippen LogP contribution in [0, 0.1) is 11.3 Å². The summed E-state index contributed by atoms with van der Waals surface area (Å²) >= 11 is 5.88. The topological polar surface area (TPSA) is 45.0 Å². The summed E-state index contributed by atoms with van der Waals surface area (Å²) in [6.07, 6.45) is 0. The number of halogens is 1. The van der Waals surface area contributed by atoms with E-state index in [0.717, 1.165) is 11.4 Å². The van der Waals surface area contributed by atoms with Gasteiger partial charge in [0.25, 0.3) is 0 Å². The normalized spacial score (nSPS) is 9.74. The van der Waals surface area contributed by atoms with Crippen LogP contribution in [-0.4, -0.2) is 6.61 Å². The van der Waals surface area contributed by atoms with E-state index in [-0.39, 0.29) is 0 Å². The molecule has 0 radical (unpaired) electrons. The number of nitriles is 1. The van der Waals surface area contributed by atoms with E-state index in [1.807, 2.05) is 31.2 Å². The summed E-state index contributed by atoms with van der Waals surface area (Å²) < 4.78 is 5.53. The Balaban J connectivity index is 2.34. The van der Waals surface area contributed by atoms with Crippen LogP contribution in [0.3, 0.4) is 0 Å². The first-order valence-electron chi connectivity index (χ1n) is 5.93. The molecule has 0 atom stereocenters. The predicted octanol–water partition coefficient (Wildman–Crippen LogP) is 4.35. The fourth-order valence-corrected chi connectivity index (χ4v) is 1.89. The smallest absolute Gasteiger partial charge is 0.142 e. The summed E-state index contributed by atoms with van der Waals surface area (Å²) in [5.74, 6) is 0.754. The minimum atomic E-state index is 0.499. The molecule has 2 aromatic rings. The highest BCUT2D eigenvalue weighted by Gasteiger charge is 2.07. The van der Waals surface area contributed by atoms with Crippen LogP contribution < -0.4 is 10.1 Å². The van der Waals surface area contributed by atoms with Gasteiger partial charge in [-0.2, -0.15) is 5.26 Å². The fourth-order valence-electron chi connectivity index (χ4n) is 1.71. The standard InChI is InChI=1S/C15H13ClN2O/c1-2-19-15-6-4-3-5-14(15)18-13-8-7-12(16)9-11(13)10-17/h3-9,18H,2H2,1H3. The Hall–Kier alpha value is -2.18. The van der Waals surface area contributed by atoms with Gasteiger partial charge in [0.05, 0.1) is 23.5 Å². The van der Waals surface area contributed by atoms with Gasteiger partial charge in [-0.1, -0.05) is 23.7 Å². The average Bonchev–Trinajstić information content (AvgIpc) is 2.43. The van der Waals surface area contributed by atoms with Gasteiger partial charge in [-0.3, -0.25) is 0 Å². The number of ether oxygens (including phenoxy) is 1. The molecule has 2 aromatic carbocycles.